The van der Waals surface area contributed by atoms with E-state index in [-0.39, 0.29) is 0 Å². The lowest BCUT2D eigenvalue weighted by atomic mass is 10.2. The van der Waals surface area contributed by atoms with Crippen molar-refractivity contribution in [2.24, 2.45) is 0 Å². The van der Waals surface area contributed by atoms with Crippen molar-refractivity contribution in [3.8, 4) is 0 Å². The predicted molar refractivity (Wildman–Crippen MR) is 42.5 cm³/mol. The number of fused-ring (bicyclic) bond motifs is 1. The van der Waals surface area contributed by atoms with E-state index < -0.39 is 0 Å². The van der Waals surface area contributed by atoms with Gasteiger partial charge in [0.05, 0.1) is 5.69 Å². The Hall–Kier alpha value is -0.120. The Kier molecular flexibility index (Phi) is 1.64. The number of rotatable bonds is 0. The second kappa shape index (κ2) is 2.49. The molecule has 1 N–H and O–H groups in total. The second-order valence-electron chi connectivity index (χ2n) is 2.26. The molecule has 0 atom stereocenters. The van der Waals surface area contributed by atoms with Crippen molar-refractivity contribution < 1.29 is 0 Å². The largest absolute Gasteiger partial charge is 0.311 e. The standard InChI is InChI=1S/C6H7ClN2S/c7-6-9-4-3-8-2-1-5(4)10-6/h8H,1-3H2. The topological polar surface area (TPSA) is 24.9 Å². The fraction of sp³-hybridized carbons (Fsp3) is 0.500. The van der Waals surface area contributed by atoms with Gasteiger partial charge in [-0.3, -0.25) is 0 Å². The Morgan fingerprint density at radius 3 is 3.30 bits per heavy atom. The molecule has 2 heterocycles. The molecular formula is C6H7ClN2S. The van der Waals surface area contributed by atoms with Gasteiger partial charge in [-0.2, -0.15) is 0 Å². The van der Waals surface area contributed by atoms with E-state index in [4.69, 9.17) is 11.6 Å². The number of hydrogen-bond acceptors (Lipinski definition) is 3. The van der Waals surface area contributed by atoms with Crippen molar-refractivity contribution in [1.29, 1.82) is 0 Å². The summed E-state index contributed by atoms with van der Waals surface area (Å²) < 4.78 is 0.675. The minimum atomic E-state index is 0.675. The summed E-state index contributed by atoms with van der Waals surface area (Å²) in [7, 11) is 0. The van der Waals surface area contributed by atoms with Crippen molar-refractivity contribution in [2.75, 3.05) is 6.54 Å². The van der Waals surface area contributed by atoms with E-state index in [1.54, 1.807) is 11.3 Å². The highest BCUT2D eigenvalue weighted by molar-refractivity contribution is 7.15. The zero-order valence-corrected chi connectivity index (χ0v) is 6.93. The lowest BCUT2D eigenvalue weighted by Gasteiger charge is -2.09. The van der Waals surface area contributed by atoms with Crippen LogP contribution >= 0.6 is 22.9 Å². The summed E-state index contributed by atoms with van der Waals surface area (Å²) in [6, 6.07) is 0. The molecule has 0 unspecified atom stereocenters. The first kappa shape index (κ1) is 6.58. The molecule has 0 aliphatic carbocycles. The number of thiazole rings is 1. The van der Waals surface area contributed by atoms with E-state index in [9.17, 15) is 0 Å². The fourth-order valence-electron chi connectivity index (χ4n) is 1.09. The van der Waals surface area contributed by atoms with Crippen molar-refractivity contribution in [3.63, 3.8) is 0 Å². The molecule has 0 fully saturated rings. The average Bonchev–Trinajstić information content (AvgIpc) is 2.27. The summed E-state index contributed by atoms with van der Waals surface area (Å²) in [4.78, 5) is 5.52. The van der Waals surface area contributed by atoms with Gasteiger partial charge in [-0.05, 0) is 6.42 Å². The van der Waals surface area contributed by atoms with Crippen molar-refractivity contribution in [2.45, 2.75) is 13.0 Å². The molecule has 1 aromatic rings. The number of nitrogens with zero attached hydrogens (tertiary/aromatic N) is 1. The molecule has 0 saturated carbocycles. The van der Waals surface area contributed by atoms with Crippen LogP contribution in [-0.2, 0) is 13.0 Å². The molecule has 0 bridgehead atoms. The van der Waals surface area contributed by atoms with E-state index >= 15 is 0 Å². The zero-order valence-electron chi connectivity index (χ0n) is 5.35. The molecule has 1 aromatic heterocycles. The molecule has 1 aliphatic rings. The van der Waals surface area contributed by atoms with Crippen LogP contribution in [0.4, 0.5) is 0 Å². The number of nitrogens with one attached hydrogen (secondary N) is 1. The highest BCUT2D eigenvalue weighted by Crippen LogP contribution is 2.24. The Morgan fingerprint density at radius 1 is 1.60 bits per heavy atom. The fourth-order valence-corrected chi connectivity index (χ4v) is 2.27. The van der Waals surface area contributed by atoms with Crippen molar-refractivity contribution in [1.82, 2.24) is 10.3 Å². The van der Waals surface area contributed by atoms with E-state index in [0.29, 0.717) is 4.47 Å². The third-order valence-electron chi connectivity index (χ3n) is 1.57. The van der Waals surface area contributed by atoms with Crippen LogP contribution in [0, 0.1) is 0 Å². The molecule has 0 amide bonds. The average molecular weight is 175 g/mol. The normalized spacial score (nSPS) is 16.9. The molecule has 0 spiro atoms. The van der Waals surface area contributed by atoms with E-state index in [1.807, 2.05) is 0 Å². The van der Waals surface area contributed by atoms with Gasteiger partial charge < -0.3 is 5.32 Å². The van der Waals surface area contributed by atoms with Crippen LogP contribution in [0.25, 0.3) is 0 Å². The summed E-state index contributed by atoms with van der Waals surface area (Å²) in [5, 5.41) is 3.24. The molecular weight excluding hydrogens is 168 g/mol. The van der Waals surface area contributed by atoms with E-state index in [1.165, 1.54) is 4.88 Å². The maximum absolute atomic E-state index is 5.73. The summed E-state index contributed by atoms with van der Waals surface area (Å²) in [5.74, 6) is 0. The number of aromatic nitrogens is 1. The second-order valence-corrected chi connectivity index (χ2v) is 3.93. The van der Waals surface area contributed by atoms with Gasteiger partial charge >= 0.3 is 0 Å². The molecule has 1 aliphatic heterocycles. The Balaban J connectivity index is 2.41. The van der Waals surface area contributed by atoms with Gasteiger partial charge in [-0.1, -0.05) is 11.6 Å². The molecule has 54 valence electrons. The minimum absolute atomic E-state index is 0.675. The molecule has 10 heavy (non-hydrogen) atoms. The van der Waals surface area contributed by atoms with Crippen molar-refractivity contribution >= 4 is 22.9 Å². The zero-order chi connectivity index (χ0) is 6.97. The maximum atomic E-state index is 5.73. The SMILES string of the molecule is Clc1nc2c(s1)CCNC2. The van der Waals surface area contributed by atoms with Crippen LogP contribution in [0.15, 0.2) is 0 Å². The highest BCUT2D eigenvalue weighted by Gasteiger charge is 2.12. The van der Waals surface area contributed by atoms with Crippen LogP contribution in [0.2, 0.25) is 4.47 Å². The smallest absolute Gasteiger partial charge is 0.184 e. The summed E-state index contributed by atoms with van der Waals surface area (Å²) in [5.41, 5.74) is 1.14. The molecule has 2 rings (SSSR count). The summed E-state index contributed by atoms with van der Waals surface area (Å²) in [6.07, 6.45) is 1.08. The first-order valence-corrected chi connectivity index (χ1v) is 4.40. The van der Waals surface area contributed by atoms with Gasteiger partial charge in [-0.15, -0.1) is 11.3 Å². The van der Waals surface area contributed by atoms with Gasteiger partial charge in [0, 0.05) is 18.0 Å². The van der Waals surface area contributed by atoms with E-state index in [0.717, 1.165) is 25.2 Å². The minimum Gasteiger partial charge on any atom is -0.311 e. The van der Waals surface area contributed by atoms with Crippen LogP contribution in [0.1, 0.15) is 10.6 Å². The van der Waals surface area contributed by atoms with Crippen LogP contribution in [0.5, 0.6) is 0 Å². The molecule has 2 nitrogen and oxygen atoms in total. The third kappa shape index (κ3) is 1.05. The van der Waals surface area contributed by atoms with Gasteiger partial charge in [0.2, 0.25) is 0 Å². The van der Waals surface area contributed by atoms with Gasteiger partial charge in [0.25, 0.3) is 0 Å². The maximum Gasteiger partial charge on any atom is 0.184 e. The van der Waals surface area contributed by atoms with Crippen LogP contribution < -0.4 is 5.32 Å². The van der Waals surface area contributed by atoms with Gasteiger partial charge in [-0.25, -0.2) is 4.98 Å². The number of halogens is 1. The van der Waals surface area contributed by atoms with Gasteiger partial charge in [0.1, 0.15) is 0 Å². The predicted octanol–water partition coefficient (Wildman–Crippen LogP) is 1.44. The Bertz CT molecular complexity index is 222. The van der Waals surface area contributed by atoms with Crippen LogP contribution in [-0.4, -0.2) is 11.5 Å². The molecule has 4 heteroatoms. The molecule has 0 radical (unpaired) electrons. The summed E-state index contributed by atoms with van der Waals surface area (Å²) >= 11 is 7.33. The monoisotopic (exact) mass is 174 g/mol. The summed E-state index contributed by atoms with van der Waals surface area (Å²) in [6.45, 7) is 1.95. The molecule has 0 saturated heterocycles. The lowest BCUT2D eigenvalue weighted by molar-refractivity contribution is 0.639. The first-order chi connectivity index (χ1) is 4.86. The molecule has 0 aromatic carbocycles. The number of hydrogen-bond donors (Lipinski definition) is 1. The first-order valence-electron chi connectivity index (χ1n) is 3.21. The quantitative estimate of drug-likeness (QED) is 0.644. The van der Waals surface area contributed by atoms with Crippen LogP contribution in [0.3, 0.4) is 0 Å². The van der Waals surface area contributed by atoms with Crippen molar-refractivity contribution in [3.05, 3.63) is 15.0 Å². The van der Waals surface area contributed by atoms with E-state index in [2.05, 4.69) is 10.3 Å². The Morgan fingerprint density at radius 2 is 2.50 bits per heavy atom. The highest BCUT2D eigenvalue weighted by atomic mass is 35.5. The van der Waals surface area contributed by atoms with Gasteiger partial charge in [0.15, 0.2) is 4.47 Å². The lowest BCUT2D eigenvalue weighted by Crippen LogP contribution is -2.22. The third-order valence-corrected chi connectivity index (χ3v) is 2.84. The Labute approximate surface area is 68.2 Å².